The maximum Gasteiger partial charge on any atom is 0.329 e. The van der Waals surface area contributed by atoms with Crippen molar-refractivity contribution in [2.24, 2.45) is 5.10 Å². The summed E-state index contributed by atoms with van der Waals surface area (Å²) in [6.07, 6.45) is 3.34. The van der Waals surface area contributed by atoms with Crippen LogP contribution in [-0.2, 0) is 16.2 Å². The zero-order chi connectivity index (χ0) is 17.5. The number of nitrogens with one attached hydrogen (secondary N) is 2. The van der Waals surface area contributed by atoms with Crippen molar-refractivity contribution in [2.45, 2.75) is 25.5 Å². The fourth-order valence-electron chi connectivity index (χ4n) is 2.09. The highest BCUT2D eigenvalue weighted by Crippen LogP contribution is 2.18. The van der Waals surface area contributed by atoms with Gasteiger partial charge in [-0.15, -0.1) is 0 Å². The summed E-state index contributed by atoms with van der Waals surface area (Å²) in [4.78, 5) is 23.0. The molecule has 0 radical (unpaired) electrons. The average molecular weight is 337 g/mol. The van der Waals surface area contributed by atoms with Gasteiger partial charge in [0.05, 0.1) is 6.21 Å². The standard InChI is InChI=1S/C19H19N3O3/c23-18(21-16-8-9-16)19(24)22-20-12-14-6-10-17(11-7-14)25-13-15-4-2-1-3-5-15/h1-7,10-12,16H,8-9,13H2,(H,21,23)(H,22,24)/b20-12-. The summed E-state index contributed by atoms with van der Waals surface area (Å²) in [5.74, 6) is -0.663. The molecule has 1 aliphatic carbocycles. The zero-order valence-corrected chi connectivity index (χ0v) is 13.6. The van der Waals surface area contributed by atoms with Crippen molar-refractivity contribution in [1.82, 2.24) is 10.7 Å². The van der Waals surface area contributed by atoms with Crippen LogP contribution in [0, 0.1) is 0 Å². The van der Waals surface area contributed by atoms with Gasteiger partial charge in [0, 0.05) is 6.04 Å². The molecule has 128 valence electrons. The Morgan fingerprint density at radius 2 is 1.76 bits per heavy atom. The Kier molecular flexibility index (Phi) is 5.41. The number of rotatable bonds is 6. The van der Waals surface area contributed by atoms with Crippen molar-refractivity contribution < 1.29 is 14.3 Å². The molecule has 2 amide bonds. The minimum absolute atomic E-state index is 0.144. The first-order valence-electron chi connectivity index (χ1n) is 8.11. The van der Waals surface area contributed by atoms with Gasteiger partial charge in [0.2, 0.25) is 0 Å². The number of hydrogen-bond donors (Lipinski definition) is 2. The third-order valence-corrected chi connectivity index (χ3v) is 3.63. The molecule has 0 heterocycles. The van der Waals surface area contributed by atoms with E-state index in [0.29, 0.717) is 6.61 Å². The first-order valence-corrected chi connectivity index (χ1v) is 8.11. The predicted molar refractivity (Wildman–Crippen MR) is 94.1 cm³/mol. The number of ether oxygens (including phenoxy) is 1. The molecular formula is C19H19N3O3. The molecule has 1 fully saturated rings. The van der Waals surface area contributed by atoms with E-state index < -0.39 is 11.8 Å². The molecule has 2 N–H and O–H groups in total. The van der Waals surface area contributed by atoms with Crippen LogP contribution >= 0.6 is 0 Å². The fourth-order valence-corrected chi connectivity index (χ4v) is 2.09. The largest absolute Gasteiger partial charge is 0.489 e. The lowest BCUT2D eigenvalue weighted by molar-refractivity contribution is -0.139. The molecule has 2 aromatic carbocycles. The van der Waals surface area contributed by atoms with Crippen molar-refractivity contribution in [3.05, 3.63) is 65.7 Å². The van der Waals surface area contributed by atoms with Gasteiger partial charge in [-0.3, -0.25) is 9.59 Å². The average Bonchev–Trinajstić information content (AvgIpc) is 3.46. The Hall–Kier alpha value is -3.15. The molecular weight excluding hydrogens is 318 g/mol. The number of carbonyl (C=O) groups is 2. The maximum absolute atomic E-state index is 11.5. The van der Waals surface area contributed by atoms with Gasteiger partial charge < -0.3 is 10.1 Å². The topological polar surface area (TPSA) is 79.8 Å². The molecule has 0 saturated heterocycles. The van der Waals surface area contributed by atoms with Crippen molar-refractivity contribution in [2.75, 3.05) is 0 Å². The first kappa shape index (κ1) is 16.7. The molecule has 6 heteroatoms. The van der Waals surface area contributed by atoms with Gasteiger partial charge in [-0.05, 0) is 48.2 Å². The number of hydrazone groups is 1. The lowest BCUT2D eigenvalue weighted by Gasteiger charge is -2.06. The molecule has 25 heavy (non-hydrogen) atoms. The highest BCUT2D eigenvalue weighted by atomic mass is 16.5. The second-order valence-electron chi connectivity index (χ2n) is 5.79. The van der Waals surface area contributed by atoms with Crippen molar-refractivity contribution in [3.63, 3.8) is 0 Å². The van der Waals surface area contributed by atoms with E-state index in [1.165, 1.54) is 6.21 Å². The zero-order valence-electron chi connectivity index (χ0n) is 13.6. The van der Waals surface area contributed by atoms with Crippen LogP contribution in [0.4, 0.5) is 0 Å². The molecule has 1 saturated carbocycles. The molecule has 0 unspecified atom stereocenters. The minimum atomic E-state index is -0.758. The lowest BCUT2D eigenvalue weighted by Crippen LogP contribution is -2.38. The Morgan fingerprint density at radius 1 is 1.04 bits per heavy atom. The van der Waals surface area contributed by atoms with E-state index in [2.05, 4.69) is 15.8 Å². The molecule has 0 atom stereocenters. The van der Waals surface area contributed by atoms with Crippen LogP contribution in [0.15, 0.2) is 59.7 Å². The summed E-state index contributed by atoms with van der Waals surface area (Å²) in [6.45, 7) is 0.500. The van der Waals surface area contributed by atoms with Gasteiger partial charge in [-0.2, -0.15) is 5.10 Å². The Balaban J connectivity index is 1.45. The summed E-state index contributed by atoms with van der Waals surface area (Å²) >= 11 is 0. The van der Waals surface area contributed by atoms with E-state index in [0.717, 1.165) is 29.7 Å². The molecule has 0 spiro atoms. The van der Waals surface area contributed by atoms with Crippen LogP contribution in [0.5, 0.6) is 5.75 Å². The molecule has 0 aromatic heterocycles. The third kappa shape index (κ3) is 5.46. The Bertz CT molecular complexity index is 753. The fraction of sp³-hybridized carbons (Fsp3) is 0.211. The van der Waals surface area contributed by atoms with Gasteiger partial charge in [0.1, 0.15) is 12.4 Å². The van der Waals surface area contributed by atoms with E-state index in [-0.39, 0.29) is 6.04 Å². The number of hydrogen-bond acceptors (Lipinski definition) is 4. The quantitative estimate of drug-likeness (QED) is 0.481. The second-order valence-corrected chi connectivity index (χ2v) is 5.79. The van der Waals surface area contributed by atoms with Crippen LogP contribution in [0.2, 0.25) is 0 Å². The van der Waals surface area contributed by atoms with Crippen molar-refractivity contribution in [1.29, 1.82) is 0 Å². The van der Waals surface area contributed by atoms with Crippen LogP contribution in [0.3, 0.4) is 0 Å². The van der Waals surface area contributed by atoms with Gasteiger partial charge in [0.25, 0.3) is 0 Å². The number of carbonyl (C=O) groups excluding carboxylic acids is 2. The van der Waals surface area contributed by atoms with E-state index in [1.807, 2.05) is 54.6 Å². The van der Waals surface area contributed by atoms with E-state index in [1.54, 1.807) is 0 Å². The van der Waals surface area contributed by atoms with Crippen molar-refractivity contribution in [3.8, 4) is 5.75 Å². The number of benzene rings is 2. The van der Waals surface area contributed by atoms with Gasteiger partial charge in [0.15, 0.2) is 0 Å². The monoisotopic (exact) mass is 337 g/mol. The summed E-state index contributed by atoms with van der Waals surface area (Å²) < 4.78 is 5.70. The van der Waals surface area contributed by atoms with E-state index in [9.17, 15) is 9.59 Å². The normalized spacial score (nSPS) is 13.4. The predicted octanol–water partition coefficient (Wildman–Crippen LogP) is 1.99. The van der Waals surface area contributed by atoms with Crippen LogP contribution in [0.1, 0.15) is 24.0 Å². The van der Waals surface area contributed by atoms with Crippen molar-refractivity contribution >= 4 is 18.0 Å². The smallest absolute Gasteiger partial charge is 0.329 e. The first-order chi connectivity index (χ1) is 12.2. The maximum atomic E-state index is 11.5. The highest BCUT2D eigenvalue weighted by Gasteiger charge is 2.26. The summed E-state index contributed by atoms with van der Waals surface area (Å²) in [5.41, 5.74) is 4.10. The molecule has 6 nitrogen and oxygen atoms in total. The van der Waals surface area contributed by atoms with E-state index >= 15 is 0 Å². The third-order valence-electron chi connectivity index (χ3n) is 3.63. The van der Waals surface area contributed by atoms with Crippen LogP contribution < -0.4 is 15.5 Å². The summed E-state index contributed by atoms with van der Waals surface area (Å²) in [5, 5.41) is 6.38. The van der Waals surface area contributed by atoms with Gasteiger partial charge in [-0.1, -0.05) is 30.3 Å². The SMILES string of the molecule is O=C(N/N=C\c1ccc(OCc2ccccc2)cc1)C(=O)NC1CC1. The van der Waals surface area contributed by atoms with E-state index in [4.69, 9.17) is 4.74 Å². The molecule has 1 aliphatic rings. The number of amides is 2. The molecule has 0 bridgehead atoms. The Morgan fingerprint density at radius 3 is 2.44 bits per heavy atom. The van der Waals surface area contributed by atoms with Crippen LogP contribution in [0.25, 0.3) is 0 Å². The number of nitrogens with zero attached hydrogens (tertiary/aromatic N) is 1. The van der Waals surface area contributed by atoms with Gasteiger partial charge in [-0.25, -0.2) is 5.43 Å². The van der Waals surface area contributed by atoms with Crippen LogP contribution in [-0.4, -0.2) is 24.1 Å². The second kappa shape index (κ2) is 8.10. The molecule has 3 rings (SSSR count). The minimum Gasteiger partial charge on any atom is -0.489 e. The molecule has 2 aromatic rings. The summed E-state index contributed by atoms with van der Waals surface area (Å²) in [6, 6.07) is 17.3. The molecule has 0 aliphatic heterocycles. The highest BCUT2D eigenvalue weighted by molar-refractivity contribution is 6.35. The Labute approximate surface area is 145 Å². The summed E-state index contributed by atoms with van der Waals surface area (Å²) in [7, 11) is 0. The lowest BCUT2D eigenvalue weighted by atomic mass is 10.2. The van der Waals surface area contributed by atoms with Gasteiger partial charge >= 0.3 is 11.8 Å².